The Hall–Kier alpha value is -2.73. The predicted molar refractivity (Wildman–Crippen MR) is 97.3 cm³/mol. The number of nitrogens with zero attached hydrogens (tertiary/aromatic N) is 3. The number of aryl methyl sites for hydroxylation is 1. The van der Waals surface area contributed by atoms with Gasteiger partial charge in [0, 0.05) is 12.1 Å². The first-order valence-corrected chi connectivity index (χ1v) is 8.41. The molecule has 0 amide bonds. The van der Waals surface area contributed by atoms with Gasteiger partial charge in [0.2, 0.25) is 11.8 Å². The van der Waals surface area contributed by atoms with Gasteiger partial charge < -0.3 is 9.15 Å². The van der Waals surface area contributed by atoms with E-state index in [9.17, 15) is 4.39 Å². The third-order valence-corrected chi connectivity index (χ3v) is 4.41. The quantitative estimate of drug-likeness (QED) is 0.656. The highest BCUT2D eigenvalue weighted by atomic mass is 19.1. The highest BCUT2D eigenvalue weighted by molar-refractivity contribution is 5.52. The number of methoxy groups -OCH3 is 1. The lowest BCUT2D eigenvalue weighted by Crippen LogP contribution is -2.22. The summed E-state index contributed by atoms with van der Waals surface area (Å²) < 4.78 is 24.6. The molecule has 0 fully saturated rings. The van der Waals surface area contributed by atoms with Crippen molar-refractivity contribution in [1.82, 2.24) is 15.1 Å². The average Bonchev–Trinajstić information content (AvgIpc) is 3.12. The van der Waals surface area contributed by atoms with E-state index in [0.717, 1.165) is 11.1 Å². The van der Waals surface area contributed by atoms with Crippen LogP contribution in [0.4, 0.5) is 4.39 Å². The van der Waals surface area contributed by atoms with Crippen molar-refractivity contribution in [1.29, 1.82) is 0 Å². The number of benzene rings is 2. The van der Waals surface area contributed by atoms with Gasteiger partial charge in [-0.3, -0.25) is 4.90 Å². The van der Waals surface area contributed by atoms with Crippen LogP contribution in [0.5, 0.6) is 5.75 Å². The summed E-state index contributed by atoms with van der Waals surface area (Å²) in [6.45, 7) is 4.55. The standard InChI is InChI=1S/C20H22FN3O2/c1-13-5-8-16(9-6-13)20-23-22-19(26-20)14(2)24(3)12-15-7-10-18(25-4)17(21)11-15/h5-11,14H,12H2,1-4H3/t14-/m0/s1. The van der Waals surface area contributed by atoms with Gasteiger partial charge in [-0.2, -0.15) is 0 Å². The molecule has 1 aromatic heterocycles. The monoisotopic (exact) mass is 355 g/mol. The smallest absolute Gasteiger partial charge is 0.247 e. The zero-order valence-electron chi connectivity index (χ0n) is 15.4. The highest BCUT2D eigenvalue weighted by Crippen LogP contribution is 2.25. The SMILES string of the molecule is COc1ccc(CN(C)[C@@H](C)c2nnc(-c3ccc(C)cc3)o2)cc1F. The molecule has 0 bridgehead atoms. The summed E-state index contributed by atoms with van der Waals surface area (Å²) in [5.41, 5.74) is 2.91. The maximum absolute atomic E-state index is 13.9. The molecule has 0 aliphatic heterocycles. The molecule has 26 heavy (non-hydrogen) atoms. The Kier molecular flexibility index (Phi) is 5.32. The van der Waals surface area contributed by atoms with Gasteiger partial charge in [-0.05, 0) is 50.7 Å². The molecule has 2 aromatic carbocycles. The molecular formula is C20H22FN3O2. The third-order valence-electron chi connectivity index (χ3n) is 4.41. The van der Waals surface area contributed by atoms with Crippen LogP contribution in [-0.4, -0.2) is 29.3 Å². The van der Waals surface area contributed by atoms with Gasteiger partial charge in [0.05, 0.1) is 13.2 Å². The number of hydrogen-bond acceptors (Lipinski definition) is 5. The average molecular weight is 355 g/mol. The summed E-state index contributed by atoms with van der Waals surface area (Å²) in [6, 6.07) is 12.8. The second kappa shape index (κ2) is 7.66. The van der Waals surface area contributed by atoms with Gasteiger partial charge >= 0.3 is 0 Å². The second-order valence-corrected chi connectivity index (χ2v) is 6.37. The van der Waals surface area contributed by atoms with E-state index in [1.165, 1.54) is 18.7 Å². The molecule has 136 valence electrons. The molecule has 0 radical (unpaired) electrons. The Labute approximate surface area is 152 Å². The largest absolute Gasteiger partial charge is 0.494 e. The Morgan fingerprint density at radius 3 is 2.54 bits per heavy atom. The van der Waals surface area contributed by atoms with Crippen molar-refractivity contribution in [3.63, 3.8) is 0 Å². The van der Waals surface area contributed by atoms with Crippen LogP contribution >= 0.6 is 0 Å². The van der Waals surface area contributed by atoms with Crippen molar-refractivity contribution in [2.45, 2.75) is 26.4 Å². The van der Waals surface area contributed by atoms with Crippen LogP contribution < -0.4 is 4.74 Å². The zero-order chi connectivity index (χ0) is 18.7. The van der Waals surface area contributed by atoms with Crippen LogP contribution in [0, 0.1) is 12.7 Å². The van der Waals surface area contributed by atoms with E-state index in [0.29, 0.717) is 18.3 Å². The van der Waals surface area contributed by atoms with Crippen molar-refractivity contribution in [3.05, 3.63) is 65.3 Å². The first kappa shape index (κ1) is 18.1. The molecule has 3 rings (SSSR count). The van der Waals surface area contributed by atoms with E-state index in [2.05, 4.69) is 10.2 Å². The fraction of sp³-hybridized carbons (Fsp3) is 0.300. The molecule has 0 spiro atoms. The van der Waals surface area contributed by atoms with E-state index in [-0.39, 0.29) is 17.6 Å². The molecule has 5 nitrogen and oxygen atoms in total. The van der Waals surface area contributed by atoms with E-state index in [1.54, 1.807) is 6.07 Å². The van der Waals surface area contributed by atoms with Gasteiger partial charge in [0.25, 0.3) is 0 Å². The normalized spacial score (nSPS) is 12.4. The molecule has 0 saturated carbocycles. The highest BCUT2D eigenvalue weighted by Gasteiger charge is 2.19. The minimum atomic E-state index is -0.370. The minimum absolute atomic E-state index is 0.105. The molecule has 0 N–H and O–H groups in total. The van der Waals surface area contributed by atoms with Crippen molar-refractivity contribution in [2.75, 3.05) is 14.2 Å². The molecule has 1 atom stereocenters. The molecule has 0 aliphatic rings. The summed E-state index contributed by atoms with van der Waals surface area (Å²) in [5, 5.41) is 8.31. The first-order chi connectivity index (χ1) is 12.5. The number of halogens is 1. The van der Waals surface area contributed by atoms with E-state index in [4.69, 9.17) is 9.15 Å². The van der Waals surface area contributed by atoms with Crippen LogP contribution in [0.15, 0.2) is 46.9 Å². The maximum atomic E-state index is 13.9. The zero-order valence-corrected chi connectivity index (χ0v) is 15.4. The van der Waals surface area contributed by atoms with Crippen LogP contribution in [0.3, 0.4) is 0 Å². The van der Waals surface area contributed by atoms with Gasteiger partial charge in [0.15, 0.2) is 11.6 Å². The first-order valence-electron chi connectivity index (χ1n) is 8.41. The van der Waals surface area contributed by atoms with Crippen molar-refractivity contribution in [2.24, 2.45) is 0 Å². The number of aromatic nitrogens is 2. The van der Waals surface area contributed by atoms with Crippen LogP contribution in [0.25, 0.3) is 11.5 Å². The van der Waals surface area contributed by atoms with Crippen LogP contribution in [-0.2, 0) is 6.54 Å². The lowest BCUT2D eigenvalue weighted by Gasteiger charge is -2.21. The summed E-state index contributed by atoms with van der Waals surface area (Å²) >= 11 is 0. The predicted octanol–water partition coefficient (Wildman–Crippen LogP) is 4.39. The summed E-state index contributed by atoms with van der Waals surface area (Å²) in [7, 11) is 3.38. The summed E-state index contributed by atoms with van der Waals surface area (Å²) in [6.07, 6.45) is 0. The van der Waals surface area contributed by atoms with E-state index < -0.39 is 0 Å². The van der Waals surface area contributed by atoms with Crippen molar-refractivity contribution < 1.29 is 13.5 Å². The minimum Gasteiger partial charge on any atom is -0.494 e. The number of ether oxygens (including phenoxy) is 1. The molecule has 6 heteroatoms. The molecule has 1 heterocycles. The van der Waals surface area contributed by atoms with E-state index in [1.807, 2.05) is 56.1 Å². The summed E-state index contributed by atoms with van der Waals surface area (Å²) in [4.78, 5) is 2.02. The van der Waals surface area contributed by atoms with Crippen molar-refractivity contribution in [3.8, 4) is 17.2 Å². The van der Waals surface area contributed by atoms with Crippen LogP contribution in [0.2, 0.25) is 0 Å². The topological polar surface area (TPSA) is 51.4 Å². The third kappa shape index (κ3) is 3.91. The Balaban J connectivity index is 1.71. The second-order valence-electron chi connectivity index (χ2n) is 6.37. The number of rotatable bonds is 6. The molecule has 3 aromatic rings. The van der Waals surface area contributed by atoms with Gasteiger partial charge in [-0.1, -0.05) is 23.8 Å². The van der Waals surface area contributed by atoms with Crippen LogP contribution in [0.1, 0.15) is 30.0 Å². The molecule has 0 aliphatic carbocycles. The maximum Gasteiger partial charge on any atom is 0.247 e. The Morgan fingerprint density at radius 2 is 1.88 bits per heavy atom. The fourth-order valence-corrected chi connectivity index (χ4v) is 2.64. The number of hydrogen-bond donors (Lipinski definition) is 0. The van der Waals surface area contributed by atoms with Gasteiger partial charge in [0.1, 0.15) is 0 Å². The molecule has 0 unspecified atom stereocenters. The lowest BCUT2D eigenvalue weighted by atomic mass is 10.1. The van der Waals surface area contributed by atoms with E-state index >= 15 is 0 Å². The molecule has 0 saturated heterocycles. The van der Waals surface area contributed by atoms with Crippen molar-refractivity contribution >= 4 is 0 Å². The van der Waals surface area contributed by atoms with Gasteiger partial charge in [-0.15, -0.1) is 10.2 Å². The fourth-order valence-electron chi connectivity index (χ4n) is 2.64. The molecular weight excluding hydrogens is 333 g/mol. The van der Waals surface area contributed by atoms with Gasteiger partial charge in [-0.25, -0.2) is 4.39 Å². The Morgan fingerprint density at radius 1 is 1.15 bits per heavy atom. The summed E-state index contributed by atoms with van der Waals surface area (Å²) in [5.74, 6) is 0.891. The lowest BCUT2D eigenvalue weighted by molar-refractivity contribution is 0.217. The Bertz CT molecular complexity index is 877.